The molecule has 7 heteroatoms. The second-order valence-corrected chi connectivity index (χ2v) is 4.06. The van der Waals surface area contributed by atoms with Gasteiger partial charge in [-0.15, -0.1) is 0 Å². The van der Waals surface area contributed by atoms with Gasteiger partial charge in [0.05, 0.1) is 0 Å². The summed E-state index contributed by atoms with van der Waals surface area (Å²) in [6.45, 7) is 0. The van der Waals surface area contributed by atoms with Crippen LogP contribution in [0.15, 0.2) is 36.5 Å². The third-order valence-electron chi connectivity index (χ3n) is 2.46. The van der Waals surface area contributed by atoms with Crippen LogP contribution in [0.25, 0.3) is 0 Å². The number of carbonyl (C=O) groups is 1. The molecule has 0 atom stereocenters. The summed E-state index contributed by atoms with van der Waals surface area (Å²) < 4.78 is 0. The lowest BCUT2D eigenvalue weighted by molar-refractivity contribution is 0.210. The average molecular weight is 279 g/mol. The molecule has 0 unspecified atom stereocenters. The van der Waals surface area contributed by atoms with Crippen molar-refractivity contribution in [3.8, 4) is 0 Å². The lowest BCUT2D eigenvalue weighted by Gasteiger charge is -2.18. The van der Waals surface area contributed by atoms with E-state index in [0.717, 1.165) is 5.69 Å². The Bertz CT molecular complexity index is 589. The lowest BCUT2D eigenvalue weighted by atomic mass is 10.2. The summed E-state index contributed by atoms with van der Waals surface area (Å²) in [7, 11) is 1.83. The van der Waals surface area contributed by atoms with E-state index < -0.39 is 6.09 Å². The number of nitrogens with one attached hydrogen (secondary N) is 1. The molecule has 98 valence electrons. The number of benzene rings is 1. The van der Waals surface area contributed by atoms with Gasteiger partial charge in [-0.2, -0.15) is 0 Å². The van der Waals surface area contributed by atoms with Crippen molar-refractivity contribution in [3.63, 3.8) is 0 Å². The van der Waals surface area contributed by atoms with Crippen molar-refractivity contribution in [1.82, 2.24) is 9.97 Å². The van der Waals surface area contributed by atoms with Crippen LogP contribution in [0.3, 0.4) is 0 Å². The molecule has 0 spiro atoms. The number of hydrogen-bond donors (Lipinski definition) is 2. The van der Waals surface area contributed by atoms with Gasteiger partial charge in [-0.1, -0.05) is 0 Å². The van der Waals surface area contributed by atoms with Crippen molar-refractivity contribution in [1.29, 1.82) is 0 Å². The number of anilines is 3. The minimum absolute atomic E-state index is 0.175. The van der Waals surface area contributed by atoms with Crippen molar-refractivity contribution in [2.45, 2.75) is 0 Å². The predicted octanol–water partition coefficient (Wildman–Crippen LogP) is 2.99. The quantitative estimate of drug-likeness (QED) is 0.844. The molecular weight excluding hydrogens is 268 g/mol. The Balaban J connectivity index is 2.20. The Labute approximate surface area is 114 Å². The number of rotatable bonds is 3. The summed E-state index contributed by atoms with van der Waals surface area (Å²) >= 11 is 5.73. The molecule has 0 saturated heterocycles. The van der Waals surface area contributed by atoms with Crippen molar-refractivity contribution in [2.24, 2.45) is 0 Å². The lowest BCUT2D eigenvalue weighted by Crippen LogP contribution is -2.12. The highest BCUT2D eigenvalue weighted by atomic mass is 35.5. The van der Waals surface area contributed by atoms with Gasteiger partial charge in [-0.25, -0.2) is 14.8 Å². The molecule has 0 saturated carbocycles. The summed E-state index contributed by atoms with van der Waals surface area (Å²) in [5, 5.41) is 11.0. The van der Waals surface area contributed by atoms with Gasteiger partial charge in [-0.05, 0) is 41.9 Å². The second-order valence-electron chi connectivity index (χ2n) is 3.72. The van der Waals surface area contributed by atoms with Gasteiger partial charge in [0.25, 0.3) is 0 Å². The first-order chi connectivity index (χ1) is 9.06. The van der Waals surface area contributed by atoms with Crippen LogP contribution in [-0.2, 0) is 0 Å². The van der Waals surface area contributed by atoms with Gasteiger partial charge >= 0.3 is 6.09 Å². The monoisotopic (exact) mass is 278 g/mol. The van der Waals surface area contributed by atoms with E-state index in [-0.39, 0.29) is 5.28 Å². The second kappa shape index (κ2) is 5.53. The number of aromatic nitrogens is 2. The Hall–Kier alpha value is -2.34. The maximum absolute atomic E-state index is 10.5. The number of nitrogens with zero attached hydrogens (tertiary/aromatic N) is 3. The van der Waals surface area contributed by atoms with Crippen LogP contribution in [0.2, 0.25) is 5.28 Å². The van der Waals surface area contributed by atoms with Crippen molar-refractivity contribution < 1.29 is 9.90 Å². The molecule has 0 aliphatic heterocycles. The van der Waals surface area contributed by atoms with E-state index in [1.807, 2.05) is 11.9 Å². The van der Waals surface area contributed by atoms with Crippen LogP contribution in [-0.4, -0.2) is 28.2 Å². The maximum atomic E-state index is 10.5. The molecule has 2 N–H and O–H groups in total. The van der Waals surface area contributed by atoms with Crippen LogP contribution in [0.4, 0.5) is 22.0 Å². The van der Waals surface area contributed by atoms with E-state index >= 15 is 0 Å². The molecule has 0 radical (unpaired) electrons. The summed E-state index contributed by atoms with van der Waals surface area (Å²) in [6, 6.07) is 8.63. The molecule has 6 nitrogen and oxygen atoms in total. The molecule has 1 aromatic carbocycles. The highest BCUT2D eigenvalue weighted by Crippen LogP contribution is 2.23. The third kappa shape index (κ3) is 3.32. The maximum Gasteiger partial charge on any atom is 0.409 e. The van der Waals surface area contributed by atoms with Crippen LogP contribution >= 0.6 is 11.6 Å². The zero-order valence-corrected chi connectivity index (χ0v) is 10.8. The first kappa shape index (κ1) is 13.1. The number of carboxylic acid groups (broad SMARTS) is 1. The Morgan fingerprint density at radius 1 is 1.32 bits per heavy atom. The SMILES string of the molecule is CN(c1ccc(NC(=O)O)cc1)c1ccnc(Cl)n1. The van der Waals surface area contributed by atoms with Gasteiger partial charge in [-0.3, -0.25) is 5.32 Å². The minimum atomic E-state index is -1.09. The van der Waals surface area contributed by atoms with Crippen LogP contribution in [0, 0.1) is 0 Å². The molecule has 0 bridgehead atoms. The smallest absolute Gasteiger partial charge is 0.409 e. The number of halogens is 1. The fraction of sp³-hybridized carbons (Fsp3) is 0.0833. The van der Waals surface area contributed by atoms with Crippen LogP contribution in [0.5, 0.6) is 0 Å². The molecule has 0 fully saturated rings. The van der Waals surface area contributed by atoms with E-state index in [1.54, 1.807) is 36.5 Å². The van der Waals surface area contributed by atoms with Crippen molar-refractivity contribution >= 4 is 34.9 Å². The molecule has 2 aromatic rings. The predicted molar refractivity (Wildman–Crippen MR) is 73.2 cm³/mol. The van der Waals surface area contributed by atoms with E-state index in [0.29, 0.717) is 11.5 Å². The first-order valence-corrected chi connectivity index (χ1v) is 5.76. The fourth-order valence-corrected chi connectivity index (χ4v) is 1.68. The van der Waals surface area contributed by atoms with E-state index in [2.05, 4.69) is 15.3 Å². The molecule has 1 amide bonds. The summed E-state index contributed by atoms with van der Waals surface area (Å²) in [5.41, 5.74) is 1.36. The van der Waals surface area contributed by atoms with Crippen LogP contribution < -0.4 is 10.2 Å². The Morgan fingerprint density at radius 3 is 2.58 bits per heavy atom. The van der Waals surface area contributed by atoms with E-state index in [1.165, 1.54) is 0 Å². The zero-order chi connectivity index (χ0) is 13.8. The Kier molecular flexibility index (Phi) is 3.82. The normalized spacial score (nSPS) is 10.0. The average Bonchev–Trinajstić information content (AvgIpc) is 2.38. The van der Waals surface area contributed by atoms with Gasteiger partial charge in [0, 0.05) is 24.6 Å². The van der Waals surface area contributed by atoms with E-state index in [9.17, 15) is 4.79 Å². The van der Waals surface area contributed by atoms with Gasteiger partial charge in [0.1, 0.15) is 5.82 Å². The standard InChI is InChI=1S/C12H11ClN4O2/c1-17(10-6-7-14-11(13)16-10)9-4-2-8(3-5-9)15-12(18)19/h2-7,15H,1H3,(H,18,19). The topological polar surface area (TPSA) is 78.4 Å². The molecule has 1 heterocycles. The fourth-order valence-electron chi connectivity index (χ4n) is 1.54. The highest BCUT2D eigenvalue weighted by molar-refractivity contribution is 6.28. The summed E-state index contributed by atoms with van der Waals surface area (Å²) in [5.74, 6) is 0.652. The van der Waals surface area contributed by atoms with Crippen LogP contribution in [0.1, 0.15) is 0 Å². The van der Waals surface area contributed by atoms with Crippen molar-refractivity contribution in [2.75, 3.05) is 17.3 Å². The van der Waals surface area contributed by atoms with Gasteiger partial charge < -0.3 is 10.0 Å². The molecule has 19 heavy (non-hydrogen) atoms. The first-order valence-electron chi connectivity index (χ1n) is 5.38. The number of amides is 1. The van der Waals surface area contributed by atoms with E-state index in [4.69, 9.17) is 16.7 Å². The van der Waals surface area contributed by atoms with Crippen molar-refractivity contribution in [3.05, 3.63) is 41.8 Å². The zero-order valence-electron chi connectivity index (χ0n) is 10.0. The van der Waals surface area contributed by atoms with Gasteiger partial charge in [0.15, 0.2) is 0 Å². The molecular formula is C12H11ClN4O2. The molecule has 2 rings (SSSR count). The van der Waals surface area contributed by atoms with Gasteiger partial charge in [0.2, 0.25) is 5.28 Å². The Morgan fingerprint density at radius 2 is 2.00 bits per heavy atom. The molecule has 1 aromatic heterocycles. The highest BCUT2D eigenvalue weighted by Gasteiger charge is 2.06. The summed E-state index contributed by atoms with van der Waals surface area (Å²) in [4.78, 5) is 20.2. The largest absolute Gasteiger partial charge is 0.465 e. The third-order valence-corrected chi connectivity index (χ3v) is 2.64. The molecule has 0 aliphatic carbocycles. The number of hydrogen-bond acceptors (Lipinski definition) is 4. The minimum Gasteiger partial charge on any atom is -0.465 e. The summed E-state index contributed by atoms with van der Waals surface area (Å²) in [6.07, 6.45) is 0.477. The molecule has 0 aliphatic rings.